The van der Waals surface area contributed by atoms with E-state index in [1.807, 2.05) is 7.05 Å². The van der Waals surface area contributed by atoms with E-state index in [9.17, 15) is 9.90 Å². The Hall–Kier alpha value is -0.610. The normalized spacial score (nSPS) is 31.0. The van der Waals surface area contributed by atoms with Crippen molar-refractivity contribution in [3.05, 3.63) is 0 Å². The minimum Gasteiger partial charge on any atom is -0.469 e. The largest absolute Gasteiger partial charge is 0.469 e. The first-order valence-corrected chi connectivity index (χ1v) is 4.59. The van der Waals surface area contributed by atoms with Gasteiger partial charge in [-0.15, -0.1) is 0 Å². The minimum absolute atomic E-state index is 0.289. The number of rotatable bonds is 1. The van der Waals surface area contributed by atoms with Crippen LogP contribution in [0, 0.1) is 5.92 Å². The molecule has 0 unspecified atom stereocenters. The SMILES string of the molecule is COC(=O)[C@H]1CCN(C)CC[C@@H]1O. The first kappa shape index (κ1) is 10.5. The summed E-state index contributed by atoms with van der Waals surface area (Å²) in [5.41, 5.74) is 0. The van der Waals surface area contributed by atoms with Gasteiger partial charge >= 0.3 is 5.97 Å². The van der Waals surface area contributed by atoms with Crippen LogP contribution in [0.3, 0.4) is 0 Å². The van der Waals surface area contributed by atoms with Gasteiger partial charge in [0.15, 0.2) is 0 Å². The molecule has 1 N–H and O–H groups in total. The number of likely N-dealkylation sites (tertiary alicyclic amines) is 1. The highest BCUT2D eigenvalue weighted by molar-refractivity contribution is 5.72. The van der Waals surface area contributed by atoms with Gasteiger partial charge < -0.3 is 14.7 Å². The maximum atomic E-state index is 11.2. The predicted molar refractivity (Wildman–Crippen MR) is 48.2 cm³/mol. The number of aliphatic hydroxyl groups is 1. The van der Waals surface area contributed by atoms with E-state index in [2.05, 4.69) is 9.64 Å². The van der Waals surface area contributed by atoms with Gasteiger partial charge in [0, 0.05) is 6.54 Å². The van der Waals surface area contributed by atoms with Gasteiger partial charge in [-0.2, -0.15) is 0 Å². The van der Waals surface area contributed by atoms with Crippen LogP contribution >= 0.6 is 0 Å². The molecule has 1 heterocycles. The second-order valence-electron chi connectivity index (χ2n) is 3.58. The summed E-state index contributed by atoms with van der Waals surface area (Å²) in [7, 11) is 3.36. The molecule has 0 aliphatic carbocycles. The number of ether oxygens (including phenoxy) is 1. The maximum absolute atomic E-state index is 11.2. The van der Waals surface area contributed by atoms with Crippen molar-refractivity contribution in [1.29, 1.82) is 0 Å². The zero-order valence-electron chi connectivity index (χ0n) is 8.19. The van der Waals surface area contributed by atoms with Crippen LogP contribution in [0.1, 0.15) is 12.8 Å². The van der Waals surface area contributed by atoms with Crippen LogP contribution < -0.4 is 0 Å². The molecule has 1 aliphatic heterocycles. The number of aliphatic hydroxyl groups excluding tert-OH is 1. The highest BCUT2D eigenvalue weighted by Crippen LogP contribution is 2.18. The van der Waals surface area contributed by atoms with Gasteiger partial charge in [0.05, 0.1) is 19.1 Å². The van der Waals surface area contributed by atoms with Crippen LogP contribution in [0.25, 0.3) is 0 Å². The third-order valence-corrected chi connectivity index (χ3v) is 2.60. The summed E-state index contributed by atoms with van der Waals surface area (Å²) in [6.45, 7) is 1.69. The van der Waals surface area contributed by atoms with Gasteiger partial charge in [0.25, 0.3) is 0 Å². The Morgan fingerprint density at radius 3 is 2.69 bits per heavy atom. The van der Waals surface area contributed by atoms with E-state index >= 15 is 0 Å². The topological polar surface area (TPSA) is 49.8 Å². The molecule has 0 spiro atoms. The number of carbonyl (C=O) groups is 1. The molecular formula is C9H17NO3. The Labute approximate surface area is 78.5 Å². The number of esters is 1. The molecule has 2 atom stereocenters. The van der Waals surface area contributed by atoms with Gasteiger partial charge in [0.2, 0.25) is 0 Å². The summed E-state index contributed by atoms with van der Waals surface area (Å²) >= 11 is 0. The molecule has 76 valence electrons. The number of hydrogen-bond acceptors (Lipinski definition) is 4. The molecule has 4 heteroatoms. The number of hydrogen-bond donors (Lipinski definition) is 1. The molecule has 0 saturated carbocycles. The Morgan fingerprint density at radius 2 is 2.08 bits per heavy atom. The molecule has 0 aromatic carbocycles. The Balaban J connectivity index is 2.56. The fourth-order valence-electron chi connectivity index (χ4n) is 1.64. The van der Waals surface area contributed by atoms with Gasteiger partial charge in [-0.1, -0.05) is 0 Å². The molecule has 0 aromatic rings. The number of carbonyl (C=O) groups excluding carboxylic acids is 1. The molecule has 0 bridgehead atoms. The molecule has 0 aromatic heterocycles. The Bertz CT molecular complexity index is 184. The van der Waals surface area contributed by atoms with Crippen molar-refractivity contribution >= 4 is 5.97 Å². The van der Waals surface area contributed by atoms with Crippen molar-refractivity contribution in [2.45, 2.75) is 18.9 Å². The number of nitrogens with zero attached hydrogens (tertiary/aromatic N) is 1. The van der Waals surface area contributed by atoms with Gasteiger partial charge in [-0.25, -0.2) is 0 Å². The Kier molecular flexibility index (Phi) is 3.69. The Morgan fingerprint density at radius 1 is 1.46 bits per heavy atom. The van der Waals surface area contributed by atoms with Gasteiger partial charge in [-0.05, 0) is 26.4 Å². The fourth-order valence-corrected chi connectivity index (χ4v) is 1.64. The van der Waals surface area contributed by atoms with Crippen molar-refractivity contribution in [1.82, 2.24) is 4.90 Å². The standard InChI is InChI=1S/C9H17NO3/c1-10-5-3-7(9(12)13-2)8(11)4-6-10/h7-8,11H,3-6H2,1-2H3/t7-,8-/m0/s1. The number of methoxy groups -OCH3 is 1. The predicted octanol–water partition coefficient (Wildman–Crippen LogP) is -0.138. The van der Waals surface area contributed by atoms with E-state index in [1.54, 1.807) is 0 Å². The third-order valence-electron chi connectivity index (χ3n) is 2.60. The highest BCUT2D eigenvalue weighted by Gasteiger charge is 2.29. The lowest BCUT2D eigenvalue weighted by molar-refractivity contribution is -0.149. The van der Waals surface area contributed by atoms with E-state index in [-0.39, 0.29) is 11.9 Å². The monoisotopic (exact) mass is 187 g/mol. The second kappa shape index (κ2) is 4.58. The minimum atomic E-state index is -0.544. The summed E-state index contributed by atoms with van der Waals surface area (Å²) in [6.07, 6.45) is 0.790. The van der Waals surface area contributed by atoms with Crippen LogP contribution in [-0.4, -0.2) is 49.3 Å². The smallest absolute Gasteiger partial charge is 0.311 e. The highest BCUT2D eigenvalue weighted by atomic mass is 16.5. The molecule has 1 aliphatic rings. The lowest BCUT2D eigenvalue weighted by Gasteiger charge is -2.16. The maximum Gasteiger partial charge on any atom is 0.311 e. The van der Waals surface area contributed by atoms with Crippen LogP contribution in [0.4, 0.5) is 0 Å². The van der Waals surface area contributed by atoms with E-state index in [4.69, 9.17) is 0 Å². The van der Waals surface area contributed by atoms with E-state index < -0.39 is 6.10 Å². The third kappa shape index (κ3) is 2.67. The molecule has 4 nitrogen and oxygen atoms in total. The van der Waals surface area contributed by atoms with Crippen LogP contribution in [0.15, 0.2) is 0 Å². The first-order chi connectivity index (χ1) is 6.15. The molecule has 1 rings (SSSR count). The van der Waals surface area contributed by atoms with Crippen molar-refractivity contribution < 1.29 is 14.6 Å². The summed E-state index contributed by atoms with van der Waals surface area (Å²) in [5.74, 6) is -0.627. The average molecular weight is 187 g/mol. The van der Waals surface area contributed by atoms with E-state index in [0.717, 1.165) is 13.1 Å². The van der Waals surface area contributed by atoms with Gasteiger partial charge in [0.1, 0.15) is 0 Å². The average Bonchev–Trinajstić information content (AvgIpc) is 2.28. The zero-order chi connectivity index (χ0) is 9.84. The van der Waals surface area contributed by atoms with Gasteiger partial charge in [-0.3, -0.25) is 4.79 Å². The summed E-state index contributed by atoms with van der Waals surface area (Å²) in [6, 6.07) is 0. The van der Waals surface area contributed by atoms with E-state index in [1.165, 1.54) is 7.11 Å². The fraction of sp³-hybridized carbons (Fsp3) is 0.889. The molecule has 0 radical (unpaired) electrons. The first-order valence-electron chi connectivity index (χ1n) is 4.59. The summed E-state index contributed by atoms with van der Waals surface area (Å²) in [5, 5.41) is 9.64. The molecule has 0 amide bonds. The summed E-state index contributed by atoms with van der Waals surface area (Å²) < 4.78 is 4.63. The molecule has 13 heavy (non-hydrogen) atoms. The van der Waals surface area contributed by atoms with Crippen molar-refractivity contribution in [2.75, 3.05) is 27.2 Å². The lowest BCUT2D eigenvalue weighted by atomic mass is 9.98. The molecule has 1 fully saturated rings. The van der Waals surface area contributed by atoms with Crippen LogP contribution in [0.5, 0.6) is 0 Å². The second-order valence-corrected chi connectivity index (χ2v) is 3.58. The van der Waals surface area contributed by atoms with Crippen molar-refractivity contribution in [3.63, 3.8) is 0 Å². The molecular weight excluding hydrogens is 170 g/mol. The molecule has 1 saturated heterocycles. The van der Waals surface area contributed by atoms with E-state index in [0.29, 0.717) is 12.8 Å². The van der Waals surface area contributed by atoms with Crippen LogP contribution in [0.2, 0.25) is 0 Å². The quantitative estimate of drug-likeness (QED) is 0.581. The van der Waals surface area contributed by atoms with Crippen molar-refractivity contribution in [2.24, 2.45) is 5.92 Å². The summed E-state index contributed by atoms with van der Waals surface area (Å²) in [4.78, 5) is 13.4. The van der Waals surface area contributed by atoms with Crippen LogP contribution in [-0.2, 0) is 9.53 Å². The lowest BCUT2D eigenvalue weighted by Crippen LogP contribution is -2.28. The van der Waals surface area contributed by atoms with Crippen molar-refractivity contribution in [3.8, 4) is 0 Å². The zero-order valence-corrected chi connectivity index (χ0v) is 8.19.